The zero-order chi connectivity index (χ0) is 42.5. The number of aliphatic hydroxyl groups excluding tert-OH is 2. The average Bonchev–Trinajstić information content (AvgIpc) is 3.52. The fourth-order valence-corrected chi connectivity index (χ4v) is 17.0. The van der Waals surface area contributed by atoms with Crippen LogP contribution in [0.15, 0.2) is 109 Å². The van der Waals surface area contributed by atoms with Crippen molar-refractivity contribution in [3.05, 3.63) is 120 Å². The highest BCUT2D eigenvalue weighted by atomic mass is 16.5. The third kappa shape index (κ3) is 6.38. The molecule has 10 aliphatic rings. The second-order valence-electron chi connectivity index (χ2n) is 22.8. The number of hydrogen-bond acceptors (Lipinski definition) is 6. The van der Waals surface area contributed by atoms with Crippen LogP contribution in [0, 0.1) is 56.7 Å². The Morgan fingerprint density at radius 2 is 1.39 bits per heavy atom. The minimum atomic E-state index is -0.996. The van der Waals surface area contributed by atoms with E-state index in [4.69, 9.17) is 4.74 Å². The summed E-state index contributed by atoms with van der Waals surface area (Å²) in [5.41, 5.74) is 2.50. The van der Waals surface area contributed by atoms with E-state index in [0.717, 1.165) is 84.2 Å². The molecule has 9 unspecified atom stereocenters. The molecular weight excluding hydrogens is 767 g/mol. The quantitative estimate of drug-likeness (QED) is 0.117. The highest BCUT2D eigenvalue weighted by Gasteiger charge is 2.74. The Kier molecular flexibility index (Phi) is 10.1. The number of carbonyl (C=O) groups excluding carboxylic acids is 1. The minimum Gasteiger partial charge on any atom is -0.393 e. The SMILES string of the molecule is CC12CCC(O)CC13C=CC1(C(C(=O)c4ccccc4-c4ccccc4)=C3)C2CCC2(C)C1CCC2(O)CN(CC(O)COCc1ccccc1)CC12CC3CC(CC(C3)C1)C2. The monoisotopic (exact) mass is 836 g/mol. The maximum atomic E-state index is 15.7. The fourth-order valence-electron chi connectivity index (χ4n) is 17.0. The lowest BCUT2D eigenvalue weighted by molar-refractivity contribution is -0.179. The zero-order valence-corrected chi connectivity index (χ0v) is 37.2. The van der Waals surface area contributed by atoms with Gasteiger partial charge in [-0.1, -0.05) is 117 Å². The van der Waals surface area contributed by atoms with Gasteiger partial charge < -0.3 is 20.1 Å². The third-order valence-electron chi connectivity index (χ3n) is 19.3. The molecule has 0 aromatic heterocycles. The second-order valence-corrected chi connectivity index (χ2v) is 22.8. The van der Waals surface area contributed by atoms with Crippen LogP contribution in [0.1, 0.15) is 113 Å². The van der Waals surface area contributed by atoms with Crippen LogP contribution in [0.3, 0.4) is 0 Å². The summed E-state index contributed by atoms with van der Waals surface area (Å²) in [5, 5.41) is 36.7. The van der Waals surface area contributed by atoms with Gasteiger partial charge >= 0.3 is 0 Å². The van der Waals surface area contributed by atoms with Crippen molar-refractivity contribution >= 4 is 5.78 Å². The molecule has 62 heavy (non-hydrogen) atoms. The highest BCUT2D eigenvalue weighted by molar-refractivity contribution is 6.14. The van der Waals surface area contributed by atoms with Crippen LogP contribution in [-0.2, 0) is 11.3 Å². The second kappa shape index (κ2) is 15.1. The van der Waals surface area contributed by atoms with Crippen LogP contribution in [-0.4, -0.2) is 70.1 Å². The number of fused-ring (bicyclic) bond motifs is 1. The number of allylic oxidation sites excluding steroid dienone is 4. The van der Waals surface area contributed by atoms with Crippen molar-refractivity contribution in [2.75, 3.05) is 26.2 Å². The standard InChI is InChI=1S/C56H69NO5/c1-51-20-17-43(58)31-54(51)23-24-56(47(32-54)50(60)46-16-10-9-15-45(46)42-13-7-4-8-14-42)48(51)18-21-52(2)49(56)19-22-55(52,61)37-57(33-44(59)35-62-34-38-11-5-3-6-12-38)36-53-28-39-25-40(29-53)27-41(26-39)30-53/h3-16,23-24,32,39-41,43-44,48-49,58-59,61H,17-22,25-31,33-37H2,1-2H3. The summed E-state index contributed by atoms with van der Waals surface area (Å²) >= 11 is 0. The molecule has 0 aliphatic heterocycles. The van der Waals surface area contributed by atoms with Crippen molar-refractivity contribution in [1.29, 1.82) is 0 Å². The molecule has 7 fully saturated rings. The molecule has 328 valence electrons. The van der Waals surface area contributed by atoms with Crippen molar-refractivity contribution in [2.45, 2.75) is 122 Å². The van der Waals surface area contributed by atoms with Crippen molar-refractivity contribution in [3.8, 4) is 11.1 Å². The predicted molar refractivity (Wildman–Crippen MR) is 244 cm³/mol. The van der Waals surface area contributed by atoms with E-state index in [1.165, 1.54) is 38.5 Å². The van der Waals surface area contributed by atoms with E-state index in [9.17, 15) is 15.3 Å². The van der Waals surface area contributed by atoms with Crippen LogP contribution in [0.2, 0.25) is 0 Å². The lowest BCUT2D eigenvalue weighted by Gasteiger charge is -2.71. The van der Waals surface area contributed by atoms with Crippen LogP contribution in [0.5, 0.6) is 0 Å². The van der Waals surface area contributed by atoms with Gasteiger partial charge in [0.15, 0.2) is 5.78 Å². The van der Waals surface area contributed by atoms with Crippen molar-refractivity contribution in [2.24, 2.45) is 56.7 Å². The Labute approximate surface area is 369 Å². The highest BCUT2D eigenvalue weighted by Crippen LogP contribution is 2.78. The smallest absolute Gasteiger partial charge is 0.190 e. The molecule has 9 atom stereocenters. The Morgan fingerprint density at radius 3 is 2.11 bits per heavy atom. The van der Waals surface area contributed by atoms with Gasteiger partial charge in [0.1, 0.15) is 0 Å². The Bertz CT molecular complexity index is 2200. The molecule has 6 bridgehead atoms. The first kappa shape index (κ1) is 41.3. The van der Waals surface area contributed by atoms with Crippen LogP contribution < -0.4 is 0 Å². The van der Waals surface area contributed by atoms with E-state index in [1.54, 1.807) is 0 Å². The number of nitrogens with zero attached hydrogens (tertiary/aromatic N) is 1. The molecule has 6 heteroatoms. The number of ketones is 1. The predicted octanol–water partition coefficient (Wildman–Crippen LogP) is 10.2. The van der Waals surface area contributed by atoms with Crippen LogP contribution in [0.4, 0.5) is 0 Å². The minimum absolute atomic E-state index is 0.0663. The summed E-state index contributed by atoms with van der Waals surface area (Å²) < 4.78 is 6.13. The summed E-state index contributed by atoms with van der Waals surface area (Å²) in [6.45, 7) is 7.50. The number of hydrogen-bond donors (Lipinski definition) is 3. The first-order valence-corrected chi connectivity index (χ1v) is 24.4. The molecule has 3 aromatic carbocycles. The lowest BCUT2D eigenvalue weighted by Crippen LogP contribution is -2.67. The number of Topliss-reactive ketones (excluding diaryl/α,β-unsaturated/α-hetero) is 1. The summed E-state index contributed by atoms with van der Waals surface area (Å²) in [6.07, 6.45) is 19.9. The molecule has 0 saturated heterocycles. The van der Waals surface area contributed by atoms with Crippen LogP contribution >= 0.6 is 0 Å². The van der Waals surface area contributed by atoms with Gasteiger partial charge in [0.25, 0.3) is 0 Å². The molecule has 13 rings (SSSR count). The average molecular weight is 836 g/mol. The normalized spacial score (nSPS) is 41.4. The molecule has 0 radical (unpaired) electrons. The number of carbonyl (C=O) groups is 1. The molecule has 3 aromatic rings. The summed E-state index contributed by atoms with van der Waals surface area (Å²) in [7, 11) is 0. The van der Waals surface area contributed by atoms with Gasteiger partial charge in [-0.15, -0.1) is 0 Å². The molecule has 2 spiro atoms. The van der Waals surface area contributed by atoms with E-state index in [-0.39, 0.29) is 40.5 Å². The Morgan fingerprint density at radius 1 is 0.758 bits per heavy atom. The van der Waals surface area contributed by atoms with E-state index in [0.29, 0.717) is 32.5 Å². The first-order chi connectivity index (χ1) is 29.9. The zero-order valence-electron chi connectivity index (χ0n) is 37.2. The maximum Gasteiger partial charge on any atom is 0.190 e. The Balaban J connectivity index is 0.941. The van der Waals surface area contributed by atoms with Gasteiger partial charge in [-0.3, -0.25) is 9.69 Å². The molecule has 6 nitrogen and oxygen atoms in total. The van der Waals surface area contributed by atoms with Gasteiger partial charge in [-0.05, 0) is 141 Å². The summed E-state index contributed by atoms with van der Waals surface area (Å²) in [4.78, 5) is 18.2. The van der Waals surface area contributed by atoms with E-state index in [2.05, 4.69) is 67.3 Å². The summed E-state index contributed by atoms with van der Waals surface area (Å²) in [6, 6.07) is 28.6. The maximum absolute atomic E-state index is 15.7. The molecule has 7 saturated carbocycles. The largest absolute Gasteiger partial charge is 0.393 e. The number of benzene rings is 3. The number of aliphatic hydroxyl groups is 3. The molecule has 0 heterocycles. The van der Waals surface area contributed by atoms with Gasteiger partial charge in [0.2, 0.25) is 0 Å². The fraction of sp³-hybridized carbons (Fsp3) is 0.589. The van der Waals surface area contributed by atoms with E-state index in [1.807, 2.05) is 54.6 Å². The number of ether oxygens (including phenoxy) is 1. The lowest BCUT2D eigenvalue weighted by atomic mass is 9.32. The summed E-state index contributed by atoms with van der Waals surface area (Å²) in [5.74, 6) is 2.86. The van der Waals surface area contributed by atoms with Gasteiger partial charge in [-0.25, -0.2) is 0 Å². The van der Waals surface area contributed by atoms with Crippen molar-refractivity contribution in [1.82, 2.24) is 4.90 Å². The molecule has 0 amide bonds. The first-order valence-electron chi connectivity index (χ1n) is 24.4. The van der Waals surface area contributed by atoms with E-state index < -0.39 is 28.6 Å². The van der Waals surface area contributed by atoms with Gasteiger partial charge in [0, 0.05) is 47.0 Å². The number of rotatable bonds is 13. The third-order valence-corrected chi connectivity index (χ3v) is 19.3. The van der Waals surface area contributed by atoms with Gasteiger partial charge in [-0.2, -0.15) is 0 Å². The van der Waals surface area contributed by atoms with Crippen LogP contribution in [0.25, 0.3) is 11.1 Å². The van der Waals surface area contributed by atoms with Crippen molar-refractivity contribution in [3.63, 3.8) is 0 Å². The topological polar surface area (TPSA) is 90.2 Å². The molecule has 3 N–H and O–H groups in total. The molecular formula is C56H69NO5. The van der Waals surface area contributed by atoms with Crippen molar-refractivity contribution < 1.29 is 24.9 Å². The van der Waals surface area contributed by atoms with E-state index >= 15 is 4.79 Å². The van der Waals surface area contributed by atoms with Gasteiger partial charge in [0.05, 0.1) is 31.0 Å². The Hall–Kier alpha value is -3.39. The molecule has 10 aliphatic carbocycles.